The Bertz CT molecular complexity index is 360. The molecular weight excluding hydrogens is 283 g/mol. The molecule has 13 heavy (non-hydrogen) atoms. The molecule has 0 aliphatic heterocycles. The Hall–Kier alpha value is 1.25. The van der Waals surface area contributed by atoms with Crippen molar-refractivity contribution in [3.05, 3.63) is 34.3 Å². The number of rotatable bonds is 2. The Kier molecular flexibility index (Phi) is 6.54. The first-order valence-corrected chi connectivity index (χ1v) is 5.52. The number of benzene rings is 1. The molecule has 0 atom stereocenters. The molecule has 0 heterocycles. The van der Waals surface area contributed by atoms with Crippen molar-refractivity contribution >= 4 is 26.0 Å². The molecule has 3 nitrogen and oxygen atoms in total. The van der Waals surface area contributed by atoms with Crippen molar-refractivity contribution in [3.8, 4) is 0 Å². The maximum atomic E-state index is 10.3. The summed E-state index contributed by atoms with van der Waals surface area (Å²) in [6.45, 7) is 0. The number of halogens is 1. The molecule has 0 N–H and O–H groups in total. The number of hydrogen-bond acceptors (Lipinski definition) is 3. The van der Waals surface area contributed by atoms with Crippen LogP contribution in [0.25, 0.3) is 0 Å². The van der Waals surface area contributed by atoms with E-state index in [1.807, 2.05) is 0 Å². The maximum Gasteiger partial charge on any atom is 1.00 e. The fourth-order valence-electron chi connectivity index (χ4n) is 0.785. The molecule has 1 aromatic carbocycles. The second-order valence-corrected chi connectivity index (χ2v) is 4.65. The largest absolute Gasteiger partial charge is 1.00 e. The van der Waals surface area contributed by atoms with Gasteiger partial charge in [-0.1, -0.05) is 28.1 Å². The fraction of sp³-hybridized carbons (Fsp3) is 0.143. The SMILES string of the molecule is O=S(=O)([O-])Cc1ccc(Br)cc1.[K+]. The maximum absolute atomic E-state index is 10.3. The molecule has 0 saturated heterocycles. The van der Waals surface area contributed by atoms with Crippen LogP contribution in [0.1, 0.15) is 5.56 Å². The quantitative estimate of drug-likeness (QED) is 0.492. The van der Waals surface area contributed by atoms with E-state index in [1.54, 1.807) is 24.3 Å². The molecule has 0 saturated carbocycles. The Morgan fingerprint density at radius 2 is 1.69 bits per heavy atom. The van der Waals surface area contributed by atoms with Gasteiger partial charge in [0.2, 0.25) is 0 Å². The van der Waals surface area contributed by atoms with Crippen molar-refractivity contribution < 1.29 is 64.4 Å². The summed E-state index contributed by atoms with van der Waals surface area (Å²) in [5, 5.41) is 0. The van der Waals surface area contributed by atoms with Gasteiger partial charge in [-0.15, -0.1) is 0 Å². The van der Waals surface area contributed by atoms with Crippen LogP contribution in [0.4, 0.5) is 0 Å². The van der Waals surface area contributed by atoms with Gasteiger partial charge in [-0.25, -0.2) is 8.42 Å². The summed E-state index contributed by atoms with van der Waals surface area (Å²) in [6, 6.07) is 6.58. The summed E-state index contributed by atoms with van der Waals surface area (Å²) in [7, 11) is -4.16. The zero-order valence-corrected chi connectivity index (χ0v) is 12.6. The first-order valence-electron chi connectivity index (χ1n) is 3.15. The first kappa shape index (κ1) is 14.2. The molecule has 0 fully saturated rings. The summed E-state index contributed by atoms with van der Waals surface area (Å²) in [5.74, 6) is -0.444. The van der Waals surface area contributed by atoms with E-state index in [2.05, 4.69) is 15.9 Å². The standard InChI is InChI=1S/C7H7BrO3S.K/c8-7-3-1-6(2-4-7)5-12(9,10)11;/h1-4H,5H2,(H,9,10,11);/q;+1/p-1. The van der Waals surface area contributed by atoms with Crippen LogP contribution in [-0.2, 0) is 15.9 Å². The molecule has 6 heteroatoms. The molecule has 0 bridgehead atoms. The normalized spacial score (nSPS) is 10.6. The van der Waals surface area contributed by atoms with Gasteiger partial charge in [-0.3, -0.25) is 0 Å². The summed E-state index contributed by atoms with van der Waals surface area (Å²) in [5.41, 5.74) is 0.508. The Morgan fingerprint density at radius 3 is 2.08 bits per heavy atom. The van der Waals surface area contributed by atoms with E-state index in [4.69, 9.17) is 0 Å². The van der Waals surface area contributed by atoms with E-state index in [1.165, 1.54) is 0 Å². The van der Waals surface area contributed by atoms with E-state index in [-0.39, 0.29) is 51.4 Å². The van der Waals surface area contributed by atoms with Crippen molar-refractivity contribution in [2.45, 2.75) is 5.75 Å². The molecule has 0 amide bonds. The van der Waals surface area contributed by atoms with E-state index < -0.39 is 15.9 Å². The monoisotopic (exact) mass is 288 g/mol. The van der Waals surface area contributed by atoms with Crippen LogP contribution in [0.2, 0.25) is 0 Å². The van der Waals surface area contributed by atoms with Crippen molar-refractivity contribution in [1.82, 2.24) is 0 Å². The van der Waals surface area contributed by atoms with Gasteiger partial charge in [0.05, 0.1) is 15.9 Å². The molecule has 0 aliphatic carbocycles. The van der Waals surface area contributed by atoms with Gasteiger partial charge < -0.3 is 4.55 Å². The van der Waals surface area contributed by atoms with Gasteiger partial charge in [-0.05, 0) is 17.7 Å². The Morgan fingerprint density at radius 1 is 1.23 bits per heavy atom. The van der Waals surface area contributed by atoms with Gasteiger partial charge in [0.25, 0.3) is 0 Å². The molecule has 0 aliphatic rings. The third-order valence-corrected chi connectivity index (χ3v) is 2.47. The minimum atomic E-state index is -4.16. The van der Waals surface area contributed by atoms with E-state index in [9.17, 15) is 13.0 Å². The van der Waals surface area contributed by atoms with E-state index >= 15 is 0 Å². The van der Waals surface area contributed by atoms with Crippen LogP contribution < -0.4 is 51.4 Å². The molecule has 1 aromatic rings. The Labute approximate surface area is 128 Å². The summed E-state index contributed by atoms with van der Waals surface area (Å²) < 4.78 is 31.8. The van der Waals surface area contributed by atoms with Crippen LogP contribution >= 0.6 is 15.9 Å². The average molecular weight is 289 g/mol. The molecule has 0 aromatic heterocycles. The second kappa shape index (κ2) is 5.97. The van der Waals surface area contributed by atoms with Crippen LogP contribution in [0.15, 0.2) is 28.7 Å². The van der Waals surface area contributed by atoms with Crippen LogP contribution in [0.3, 0.4) is 0 Å². The molecule has 0 spiro atoms. The zero-order valence-electron chi connectivity index (χ0n) is 7.03. The van der Waals surface area contributed by atoms with Gasteiger partial charge in [0, 0.05) is 4.47 Å². The predicted octanol–water partition coefficient (Wildman–Crippen LogP) is -1.50. The van der Waals surface area contributed by atoms with Crippen LogP contribution in [-0.4, -0.2) is 13.0 Å². The van der Waals surface area contributed by atoms with Gasteiger partial charge in [0.1, 0.15) is 0 Å². The van der Waals surface area contributed by atoms with Crippen molar-refractivity contribution in [1.29, 1.82) is 0 Å². The molecule has 0 unspecified atom stereocenters. The van der Waals surface area contributed by atoms with E-state index in [0.717, 1.165) is 4.47 Å². The first-order chi connectivity index (χ1) is 5.47. The summed E-state index contributed by atoms with van der Waals surface area (Å²) in [4.78, 5) is 0. The van der Waals surface area contributed by atoms with Crippen LogP contribution in [0.5, 0.6) is 0 Å². The van der Waals surface area contributed by atoms with Gasteiger partial charge in [0.15, 0.2) is 0 Å². The molecule has 0 radical (unpaired) electrons. The number of hydrogen-bond donors (Lipinski definition) is 0. The minimum Gasteiger partial charge on any atom is -0.748 e. The Balaban J connectivity index is 0.00000144. The van der Waals surface area contributed by atoms with Crippen LogP contribution in [0, 0.1) is 0 Å². The van der Waals surface area contributed by atoms with Crippen molar-refractivity contribution in [2.24, 2.45) is 0 Å². The smallest absolute Gasteiger partial charge is 0.748 e. The third-order valence-electron chi connectivity index (χ3n) is 1.26. The summed E-state index contributed by atoms with van der Waals surface area (Å²) in [6.07, 6.45) is 0. The van der Waals surface area contributed by atoms with E-state index in [0.29, 0.717) is 5.56 Å². The third kappa shape index (κ3) is 6.35. The summed E-state index contributed by atoms with van der Waals surface area (Å²) >= 11 is 3.20. The fourth-order valence-corrected chi connectivity index (χ4v) is 1.65. The van der Waals surface area contributed by atoms with Crippen molar-refractivity contribution in [2.75, 3.05) is 0 Å². The van der Waals surface area contributed by atoms with Gasteiger partial charge in [-0.2, -0.15) is 0 Å². The van der Waals surface area contributed by atoms with Gasteiger partial charge >= 0.3 is 51.4 Å². The van der Waals surface area contributed by atoms with Crippen molar-refractivity contribution in [3.63, 3.8) is 0 Å². The molecule has 1 rings (SSSR count). The second-order valence-electron chi connectivity index (χ2n) is 2.33. The molecular formula is C7H6BrKO3S. The topological polar surface area (TPSA) is 57.2 Å². The average Bonchev–Trinajstić information content (AvgIpc) is 1.91. The minimum absolute atomic E-state index is 0. The molecule has 66 valence electrons. The zero-order chi connectivity index (χ0) is 9.19. The predicted molar refractivity (Wildman–Crippen MR) is 47.5 cm³/mol.